The molecule has 1 saturated heterocycles. The van der Waals surface area contributed by atoms with Crippen molar-refractivity contribution in [1.82, 2.24) is 14.9 Å². The summed E-state index contributed by atoms with van der Waals surface area (Å²) in [6.45, 7) is 1.02. The van der Waals surface area contributed by atoms with E-state index in [0.29, 0.717) is 29.7 Å². The van der Waals surface area contributed by atoms with Gasteiger partial charge in [-0.15, -0.1) is 11.3 Å². The number of fused-ring (bicyclic) bond motifs is 1. The fourth-order valence-corrected chi connectivity index (χ4v) is 5.12. The van der Waals surface area contributed by atoms with Crippen molar-refractivity contribution >= 4 is 45.9 Å². The van der Waals surface area contributed by atoms with Gasteiger partial charge in [-0.05, 0) is 30.7 Å². The molecule has 1 N–H and O–H groups in total. The molecule has 0 spiro atoms. The molecule has 7 nitrogen and oxygen atoms in total. The molecule has 150 valence electrons. The zero-order chi connectivity index (χ0) is 20.2. The predicted molar refractivity (Wildman–Crippen MR) is 112 cm³/mol. The number of aromatic carboxylic acids is 1. The number of thioether (sulfide) groups is 1. The average molecular weight is 430 g/mol. The third kappa shape index (κ3) is 4.51. The molecule has 1 unspecified atom stereocenters. The molecule has 0 saturated carbocycles. The van der Waals surface area contributed by atoms with E-state index in [1.54, 1.807) is 6.20 Å². The molecule has 1 amide bonds. The number of hydrogen-bond acceptors (Lipinski definition) is 7. The van der Waals surface area contributed by atoms with Gasteiger partial charge in [-0.2, -0.15) is 0 Å². The number of ether oxygens (including phenoxy) is 1. The largest absolute Gasteiger partial charge is 0.491 e. The number of carbonyl (C=O) groups is 2. The van der Waals surface area contributed by atoms with Crippen LogP contribution < -0.4 is 4.74 Å². The van der Waals surface area contributed by atoms with Gasteiger partial charge in [0, 0.05) is 35.7 Å². The van der Waals surface area contributed by atoms with Crippen LogP contribution in [0.15, 0.2) is 46.2 Å². The first-order valence-electron chi connectivity index (χ1n) is 9.19. The monoisotopic (exact) mass is 429 g/mol. The highest BCUT2D eigenvalue weighted by molar-refractivity contribution is 8.01. The summed E-state index contributed by atoms with van der Waals surface area (Å²) >= 11 is 2.77. The first-order chi connectivity index (χ1) is 14.1. The van der Waals surface area contributed by atoms with Gasteiger partial charge in [0.2, 0.25) is 5.91 Å². The summed E-state index contributed by atoms with van der Waals surface area (Å²) in [7, 11) is 0. The molecule has 29 heavy (non-hydrogen) atoms. The normalized spacial score (nSPS) is 16.5. The third-order valence-electron chi connectivity index (χ3n) is 4.75. The quantitative estimate of drug-likeness (QED) is 0.547. The van der Waals surface area contributed by atoms with E-state index in [4.69, 9.17) is 9.84 Å². The summed E-state index contributed by atoms with van der Waals surface area (Å²) in [6, 6.07) is 9.67. The maximum atomic E-state index is 12.3. The Balaban J connectivity index is 1.34. The van der Waals surface area contributed by atoms with E-state index in [1.807, 2.05) is 35.2 Å². The summed E-state index contributed by atoms with van der Waals surface area (Å²) in [4.78, 5) is 33.5. The summed E-state index contributed by atoms with van der Waals surface area (Å²) < 4.78 is 6.76. The van der Waals surface area contributed by atoms with Crippen molar-refractivity contribution in [3.63, 3.8) is 0 Å². The molecule has 0 bridgehead atoms. The molecule has 0 radical (unpaired) electrons. The Morgan fingerprint density at radius 1 is 1.34 bits per heavy atom. The lowest BCUT2D eigenvalue weighted by Gasteiger charge is -2.25. The van der Waals surface area contributed by atoms with Crippen LogP contribution in [0.5, 0.6) is 5.75 Å². The van der Waals surface area contributed by atoms with Crippen LogP contribution in [-0.2, 0) is 4.79 Å². The number of benzene rings is 1. The van der Waals surface area contributed by atoms with Crippen LogP contribution in [0.25, 0.3) is 10.9 Å². The average Bonchev–Trinajstić information content (AvgIpc) is 3.34. The standard InChI is InChI=1S/C20H19N3O4S2/c24-18-7-6-13(11-27-17-5-1-4-15-14(17)3-2-8-21-15)23(18)9-10-28-20-22-16(12-29-20)19(25)26/h1-5,8,12-13H,6-7,9-11H2,(H,25,26). The van der Waals surface area contributed by atoms with Crippen LogP contribution >= 0.6 is 23.1 Å². The third-order valence-corrected chi connectivity index (χ3v) is 6.75. The predicted octanol–water partition coefficient (Wildman–Crippen LogP) is 3.55. The molecule has 2 aromatic heterocycles. The van der Waals surface area contributed by atoms with Crippen LogP contribution in [-0.4, -0.2) is 56.8 Å². The van der Waals surface area contributed by atoms with Gasteiger partial charge in [0.1, 0.15) is 12.4 Å². The summed E-state index contributed by atoms with van der Waals surface area (Å²) in [5, 5.41) is 11.4. The maximum absolute atomic E-state index is 12.3. The lowest BCUT2D eigenvalue weighted by atomic mass is 10.2. The van der Waals surface area contributed by atoms with E-state index in [2.05, 4.69) is 9.97 Å². The van der Waals surface area contributed by atoms with Gasteiger partial charge in [0.15, 0.2) is 10.0 Å². The number of carboxylic acids is 1. The molecule has 1 fully saturated rings. The minimum absolute atomic E-state index is 0.0286. The van der Waals surface area contributed by atoms with Crippen molar-refractivity contribution in [2.45, 2.75) is 23.2 Å². The highest BCUT2D eigenvalue weighted by Crippen LogP contribution is 2.27. The zero-order valence-electron chi connectivity index (χ0n) is 15.5. The second-order valence-corrected chi connectivity index (χ2v) is 8.77. The summed E-state index contributed by atoms with van der Waals surface area (Å²) in [5.41, 5.74) is 0.940. The number of carboxylic acid groups (broad SMARTS) is 1. The number of aromatic nitrogens is 2. The number of carbonyl (C=O) groups excluding carboxylic acids is 1. The highest BCUT2D eigenvalue weighted by Gasteiger charge is 2.31. The van der Waals surface area contributed by atoms with Gasteiger partial charge >= 0.3 is 5.97 Å². The van der Waals surface area contributed by atoms with Crippen molar-refractivity contribution in [1.29, 1.82) is 0 Å². The number of pyridine rings is 1. The SMILES string of the molecule is O=C(O)c1csc(SCCN2C(=O)CCC2COc2cccc3ncccc23)n1. The molecular formula is C20H19N3O4S2. The lowest BCUT2D eigenvalue weighted by molar-refractivity contribution is -0.129. The van der Waals surface area contributed by atoms with E-state index >= 15 is 0 Å². The van der Waals surface area contributed by atoms with Gasteiger partial charge in [-0.25, -0.2) is 9.78 Å². The molecule has 3 aromatic rings. The van der Waals surface area contributed by atoms with Gasteiger partial charge < -0.3 is 14.7 Å². The van der Waals surface area contributed by atoms with E-state index in [1.165, 1.54) is 28.5 Å². The fourth-order valence-electron chi connectivity index (χ4n) is 3.31. The smallest absolute Gasteiger partial charge is 0.355 e. The maximum Gasteiger partial charge on any atom is 0.355 e. The molecule has 0 aliphatic carbocycles. The molecule has 1 atom stereocenters. The first kappa shape index (κ1) is 19.7. The van der Waals surface area contributed by atoms with Crippen molar-refractivity contribution < 1.29 is 19.4 Å². The Morgan fingerprint density at radius 3 is 3.07 bits per heavy atom. The van der Waals surface area contributed by atoms with Crippen LogP contribution in [0, 0.1) is 0 Å². The van der Waals surface area contributed by atoms with Crippen molar-refractivity contribution in [2.75, 3.05) is 18.9 Å². The van der Waals surface area contributed by atoms with E-state index in [9.17, 15) is 9.59 Å². The van der Waals surface area contributed by atoms with E-state index in [-0.39, 0.29) is 17.6 Å². The topological polar surface area (TPSA) is 92.6 Å². The van der Waals surface area contributed by atoms with Gasteiger partial charge in [0.05, 0.1) is 11.6 Å². The molecule has 1 aromatic carbocycles. The molecule has 1 aliphatic rings. The van der Waals surface area contributed by atoms with Gasteiger partial charge in [0.25, 0.3) is 0 Å². The van der Waals surface area contributed by atoms with Crippen LogP contribution in [0.1, 0.15) is 23.3 Å². The molecule has 3 heterocycles. The van der Waals surface area contributed by atoms with Crippen LogP contribution in [0.4, 0.5) is 0 Å². The molecular weight excluding hydrogens is 410 g/mol. The number of nitrogens with zero attached hydrogens (tertiary/aromatic N) is 3. The van der Waals surface area contributed by atoms with E-state index in [0.717, 1.165) is 23.1 Å². The second-order valence-electron chi connectivity index (χ2n) is 6.57. The van der Waals surface area contributed by atoms with Crippen LogP contribution in [0.3, 0.4) is 0 Å². The Bertz CT molecular complexity index is 1030. The number of rotatable bonds is 8. The van der Waals surface area contributed by atoms with Gasteiger partial charge in [-0.1, -0.05) is 17.8 Å². The second kappa shape index (κ2) is 8.79. The van der Waals surface area contributed by atoms with Gasteiger partial charge in [-0.3, -0.25) is 9.78 Å². The Hall–Kier alpha value is -2.65. The highest BCUT2D eigenvalue weighted by atomic mass is 32.2. The minimum atomic E-state index is -1.02. The lowest BCUT2D eigenvalue weighted by Crippen LogP contribution is -2.38. The Kier molecular flexibility index (Phi) is 5.96. The number of thiazole rings is 1. The molecule has 9 heteroatoms. The molecule has 1 aliphatic heterocycles. The summed E-state index contributed by atoms with van der Waals surface area (Å²) in [6.07, 6.45) is 3.05. The van der Waals surface area contributed by atoms with Crippen molar-refractivity contribution in [3.8, 4) is 5.75 Å². The number of amides is 1. The summed E-state index contributed by atoms with van der Waals surface area (Å²) in [5.74, 6) is 0.536. The molecule has 4 rings (SSSR count). The zero-order valence-corrected chi connectivity index (χ0v) is 17.1. The Morgan fingerprint density at radius 2 is 2.24 bits per heavy atom. The first-order valence-corrected chi connectivity index (χ1v) is 11.1. The van der Waals surface area contributed by atoms with Crippen molar-refractivity contribution in [3.05, 3.63) is 47.6 Å². The number of likely N-dealkylation sites (tertiary alicyclic amines) is 1. The van der Waals surface area contributed by atoms with Crippen LogP contribution in [0.2, 0.25) is 0 Å². The van der Waals surface area contributed by atoms with Crippen molar-refractivity contribution in [2.24, 2.45) is 0 Å². The Labute approximate surface area is 175 Å². The fraction of sp³-hybridized carbons (Fsp3) is 0.300. The van der Waals surface area contributed by atoms with E-state index < -0.39 is 5.97 Å². The number of hydrogen-bond donors (Lipinski definition) is 1. The minimum Gasteiger partial charge on any atom is -0.491 e.